The molecule has 1 saturated carbocycles. The Morgan fingerprint density at radius 3 is 2.65 bits per heavy atom. The number of aromatic nitrogens is 3. The Kier molecular flexibility index (Phi) is 4.99. The van der Waals surface area contributed by atoms with E-state index in [1.165, 1.54) is 37.1 Å². The van der Waals surface area contributed by atoms with Crippen LogP contribution in [0.3, 0.4) is 0 Å². The maximum atomic E-state index is 9.04. The summed E-state index contributed by atoms with van der Waals surface area (Å²) in [6, 6.07) is 11.9. The predicted molar refractivity (Wildman–Crippen MR) is 91.9 cm³/mol. The predicted octanol–water partition coefficient (Wildman–Crippen LogP) is 3.70. The van der Waals surface area contributed by atoms with Crippen LogP contribution < -0.4 is 5.84 Å². The molecule has 23 heavy (non-hydrogen) atoms. The fraction of sp³-hybridized carbons (Fsp3) is 0.353. The summed E-state index contributed by atoms with van der Waals surface area (Å²) < 4.78 is 1.59. The lowest BCUT2D eigenvalue weighted by Crippen LogP contribution is -2.18. The molecule has 2 N–H and O–H groups in total. The molecule has 0 saturated heterocycles. The van der Waals surface area contributed by atoms with Gasteiger partial charge in [-0.2, -0.15) is 5.26 Å². The molecule has 1 aliphatic carbocycles. The summed E-state index contributed by atoms with van der Waals surface area (Å²) in [5.74, 6) is 7.47. The zero-order valence-electron chi connectivity index (χ0n) is 12.9. The molecule has 0 amide bonds. The van der Waals surface area contributed by atoms with Gasteiger partial charge in [0, 0.05) is 16.9 Å². The van der Waals surface area contributed by atoms with Crippen LogP contribution in [0.5, 0.6) is 0 Å². The summed E-state index contributed by atoms with van der Waals surface area (Å²) in [6.07, 6.45) is 7.52. The molecule has 3 rings (SSSR count). The van der Waals surface area contributed by atoms with Gasteiger partial charge in [0.2, 0.25) is 5.16 Å². The third-order valence-corrected chi connectivity index (χ3v) is 5.15. The van der Waals surface area contributed by atoms with Crippen LogP contribution in [0.2, 0.25) is 0 Å². The van der Waals surface area contributed by atoms with Crippen LogP contribution in [0.4, 0.5) is 0 Å². The van der Waals surface area contributed by atoms with Gasteiger partial charge in [0.1, 0.15) is 0 Å². The van der Waals surface area contributed by atoms with Crippen molar-refractivity contribution in [1.29, 1.82) is 5.26 Å². The minimum atomic E-state index is 0.399. The number of nitrogen functional groups attached to an aromatic ring is 1. The molecule has 6 heteroatoms. The summed E-state index contributed by atoms with van der Waals surface area (Å²) in [7, 11) is 0. The lowest BCUT2D eigenvalue weighted by molar-refractivity contribution is 0.421. The lowest BCUT2D eigenvalue weighted by Gasteiger charge is -2.20. The van der Waals surface area contributed by atoms with Crippen molar-refractivity contribution < 1.29 is 0 Å². The molecule has 0 unspecified atom stereocenters. The van der Waals surface area contributed by atoms with Gasteiger partial charge < -0.3 is 5.84 Å². The second kappa shape index (κ2) is 7.34. The van der Waals surface area contributed by atoms with Crippen LogP contribution in [0.25, 0.3) is 4.91 Å². The highest BCUT2D eigenvalue weighted by Crippen LogP contribution is 2.36. The number of nitrogens with zero attached hydrogens (tertiary/aromatic N) is 4. The third kappa shape index (κ3) is 3.57. The van der Waals surface area contributed by atoms with E-state index in [4.69, 9.17) is 11.1 Å². The molecular formula is C17H19N5S. The van der Waals surface area contributed by atoms with Crippen molar-refractivity contribution in [3.63, 3.8) is 0 Å². The number of nitriles is 1. The fourth-order valence-electron chi connectivity index (χ4n) is 2.93. The van der Waals surface area contributed by atoms with E-state index in [2.05, 4.69) is 16.3 Å². The van der Waals surface area contributed by atoms with Crippen molar-refractivity contribution in [3.8, 4) is 6.07 Å². The maximum Gasteiger partial charge on any atom is 0.214 e. The van der Waals surface area contributed by atoms with Crippen LogP contribution in [-0.4, -0.2) is 14.9 Å². The minimum Gasteiger partial charge on any atom is -0.336 e. The first-order valence-corrected chi connectivity index (χ1v) is 8.64. The number of nitrogens with two attached hydrogens (primary N) is 1. The van der Waals surface area contributed by atoms with Gasteiger partial charge in [-0.1, -0.05) is 49.6 Å². The van der Waals surface area contributed by atoms with Crippen molar-refractivity contribution in [3.05, 3.63) is 47.8 Å². The van der Waals surface area contributed by atoms with Gasteiger partial charge in [-0.15, -0.1) is 10.2 Å². The molecule has 1 aliphatic rings. The first-order valence-electron chi connectivity index (χ1n) is 7.83. The van der Waals surface area contributed by atoms with Gasteiger partial charge in [0.05, 0.1) is 6.07 Å². The zero-order chi connectivity index (χ0) is 16.1. The van der Waals surface area contributed by atoms with Crippen molar-refractivity contribution in [1.82, 2.24) is 14.9 Å². The smallest absolute Gasteiger partial charge is 0.214 e. The Morgan fingerprint density at radius 1 is 1.22 bits per heavy atom. The van der Waals surface area contributed by atoms with Gasteiger partial charge >= 0.3 is 0 Å². The number of allylic oxidation sites excluding steroid dienone is 1. The summed E-state index contributed by atoms with van der Waals surface area (Å²) in [6.45, 7) is 0. The highest BCUT2D eigenvalue weighted by Gasteiger charge is 2.23. The average Bonchev–Trinajstić information content (AvgIpc) is 2.97. The molecule has 1 heterocycles. The maximum absolute atomic E-state index is 9.04. The summed E-state index contributed by atoms with van der Waals surface area (Å²) in [4.78, 5) is 0.822. The summed E-state index contributed by atoms with van der Waals surface area (Å²) in [5.41, 5.74) is 0.973. The van der Waals surface area contributed by atoms with Crippen LogP contribution in [0.15, 0.2) is 41.6 Å². The van der Waals surface area contributed by atoms with Crippen molar-refractivity contribution in [2.75, 3.05) is 5.84 Å². The summed E-state index contributed by atoms with van der Waals surface area (Å²) >= 11 is 1.38. The highest BCUT2D eigenvalue weighted by atomic mass is 32.2. The average molecular weight is 325 g/mol. The lowest BCUT2D eigenvalue weighted by atomic mass is 9.89. The molecule has 118 valence electrons. The van der Waals surface area contributed by atoms with E-state index in [9.17, 15) is 0 Å². The Balaban J connectivity index is 1.83. The first-order chi connectivity index (χ1) is 11.3. The number of rotatable bonds is 4. The van der Waals surface area contributed by atoms with Crippen LogP contribution >= 0.6 is 11.8 Å². The first kappa shape index (κ1) is 15.6. The SMILES string of the molecule is N#C/C=C(\Sc1nnc(C2CCCCC2)n1N)c1ccccc1. The number of benzene rings is 1. The molecular weight excluding hydrogens is 306 g/mol. The van der Waals surface area contributed by atoms with Crippen molar-refractivity contribution >= 4 is 16.7 Å². The third-order valence-electron chi connectivity index (χ3n) is 4.12. The molecule has 0 spiro atoms. The normalized spacial score (nSPS) is 16.2. The molecule has 1 aromatic carbocycles. The van der Waals surface area contributed by atoms with E-state index in [0.29, 0.717) is 11.1 Å². The molecule has 0 atom stereocenters. The van der Waals surface area contributed by atoms with E-state index in [0.717, 1.165) is 29.1 Å². The number of thioether (sulfide) groups is 1. The largest absolute Gasteiger partial charge is 0.336 e. The second-order valence-corrected chi connectivity index (χ2v) is 6.66. The highest BCUT2D eigenvalue weighted by molar-refractivity contribution is 8.08. The van der Waals surface area contributed by atoms with Crippen molar-refractivity contribution in [2.24, 2.45) is 0 Å². The molecule has 5 nitrogen and oxygen atoms in total. The molecule has 2 aromatic rings. The minimum absolute atomic E-state index is 0.399. The van der Waals surface area contributed by atoms with Crippen molar-refractivity contribution in [2.45, 2.75) is 43.2 Å². The van der Waals surface area contributed by atoms with Gasteiger partial charge in [-0.05, 0) is 30.2 Å². The van der Waals surface area contributed by atoms with Crippen LogP contribution in [0, 0.1) is 11.3 Å². The summed E-state index contributed by atoms with van der Waals surface area (Å²) in [5, 5.41) is 18.2. The zero-order valence-corrected chi connectivity index (χ0v) is 13.7. The van der Waals surface area contributed by atoms with Crippen LogP contribution in [0.1, 0.15) is 49.4 Å². The van der Waals surface area contributed by atoms with Gasteiger partial charge in [0.25, 0.3) is 0 Å². The Morgan fingerprint density at radius 2 is 1.96 bits per heavy atom. The topological polar surface area (TPSA) is 80.5 Å². The standard InChI is InChI=1S/C17H19N5S/c18-12-11-15(13-7-3-1-4-8-13)23-17-21-20-16(22(17)19)14-9-5-2-6-10-14/h1,3-4,7-8,11,14H,2,5-6,9-10,19H2/b15-11-. The molecule has 0 radical (unpaired) electrons. The van der Waals surface area contributed by atoms with Gasteiger partial charge in [-0.25, -0.2) is 4.68 Å². The monoisotopic (exact) mass is 325 g/mol. The van der Waals surface area contributed by atoms with Gasteiger partial charge in [0.15, 0.2) is 5.82 Å². The van der Waals surface area contributed by atoms with E-state index in [1.54, 1.807) is 4.68 Å². The molecule has 1 aromatic heterocycles. The molecule has 0 bridgehead atoms. The number of hydrogen-bond acceptors (Lipinski definition) is 5. The molecule has 0 aliphatic heterocycles. The fourth-order valence-corrected chi connectivity index (χ4v) is 3.76. The second-order valence-electron chi connectivity index (χ2n) is 5.65. The molecule has 1 fully saturated rings. The Labute approximate surface area is 140 Å². The van der Waals surface area contributed by atoms with E-state index >= 15 is 0 Å². The number of hydrogen-bond donors (Lipinski definition) is 1. The Hall–Kier alpha value is -2.26. The quantitative estimate of drug-likeness (QED) is 0.527. The van der Waals surface area contributed by atoms with Crippen LogP contribution in [-0.2, 0) is 0 Å². The van der Waals surface area contributed by atoms with E-state index in [-0.39, 0.29) is 0 Å². The Bertz CT molecular complexity index is 723. The van der Waals surface area contributed by atoms with E-state index < -0.39 is 0 Å². The van der Waals surface area contributed by atoms with E-state index in [1.807, 2.05) is 30.3 Å². The van der Waals surface area contributed by atoms with Gasteiger partial charge in [-0.3, -0.25) is 0 Å².